The largest absolute Gasteiger partial charge is 0.366 e. The van der Waals surface area contributed by atoms with E-state index in [1.54, 1.807) is 0 Å². The van der Waals surface area contributed by atoms with Crippen LogP contribution in [0.1, 0.15) is 14.8 Å². The Morgan fingerprint density at radius 1 is 1.75 bits per heavy atom. The van der Waals surface area contributed by atoms with Crippen molar-refractivity contribution in [1.29, 1.82) is 0 Å². The first-order valence-corrected chi connectivity index (χ1v) is 3.17. The smallest absolute Gasteiger partial charge is 0.166 e. The van der Waals surface area contributed by atoms with Crippen LogP contribution in [0.2, 0.25) is 0 Å². The minimum atomic E-state index is 0. The van der Waals surface area contributed by atoms with Gasteiger partial charge in [0.1, 0.15) is 0 Å². The normalized spacial score (nSPS) is 8.25. The van der Waals surface area contributed by atoms with Crippen LogP contribution in [0.5, 0.6) is 0 Å². The first-order chi connectivity index (χ1) is 3.81. The molecule has 0 aliphatic rings. The molecule has 0 radical (unpaired) electrons. The third-order valence-corrected chi connectivity index (χ3v) is 1.11. The van der Waals surface area contributed by atoms with Gasteiger partial charge in [0, 0.05) is 15.0 Å². The van der Waals surface area contributed by atoms with E-state index >= 15 is 0 Å². The van der Waals surface area contributed by atoms with Crippen molar-refractivity contribution < 1.29 is 1.43 Å². The molecule has 0 spiro atoms. The Morgan fingerprint density at radius 2 is 2.38 bits per heavy atom. The fourth-order valence-corrected chi connectivity index (χ4v) is 0.429. The second-order valence-electron chi connectivity index (χ2n) is 1.51. The van der Waals surface area contributed by atoms with Gasteiger partial charge in [-0.3, -0.25) is 0 Å². The van der Waals surface area contributed by atoms with Crippen LogP contribution >= 0.6 is 12.2 Å². The highest BCUT2D eigenvalue weighted by molar-refractivity contribution is 7.80. The molecule has 3 heteroatoms. The molecular formula is C5H14N2S. The van der Waals surface area contributed by atoms with Gasteiger partial charge >= 0.3 is 0 Å². The fourth-order valence-electron chi connectivity index (χ4n) is 0.327. The molecule has 0 saturated carbocycles. The van der Waals surface area contributed by atoms with E-state index in [1.807, 2.05) is 7.05 Å². The standard InChI is InChI=1S/C5H12N2S.H2/c1-3-4-7-5(8)6-2;/h3-4H2,1-2H3,(H2,6,7,8);1H. The molecule has 50 valence electrons. The zero-order valence-corrected chi connectivity index (χ0v) is 6.14. The quantitative estimate of drug-likeness (QED) is 0.545. The molecular weight excluding hydrogens is 120 g/mol. The summed E-state index contributed by atoms with van der Waals surface area (Å²) in [4.78, 5) is 0. The third kappa shape index (κ3) is 3.87. The van der Waals surface area contributed by atoms with E-state index in [-0.39, 0.29) is 1.43 Å². The van der Waals surface area contributed by atoms with Crippen LogP contribution in [0.3, 0.4) is 0 Å². The fraction of sp³-hybridized carbons (Fsp3) is 0.800. The number of thiocarbonyl (C=S) groups is 1. The highest BCUT2D eigenvalue weighted by atomic mass is 32.1. The summed E-state index contributed by atoms with van der Waals surface area (Å²) in [6.45, 7) is 3.06. The first kappa shape index (κ1) is 7.69. The third-order valence-electron chi connectivity index (χ3n) is 0.763. The molecule has 0 aliphatic heterocycles. The summed E-state index contributed by atoms with van der Waals surface area (Å²) in [5, 5.41) is 6.55. The predicted octanol–water partition coefficient (Wildman–Crippen LogP) is 0.736. The maximum absolute atomic E-state index is 4.80. The lowest BCUT2D eigenvalue weighted by atomic mass is 10.5. The number of rotatable bonds is 2. The summed E-state index contributed by atoms with van der Waals surface area (Å²) in [5.41, 5.74) is 0. The second kappa shape index (κ2) is 4.84. The van der Waals surface area contributed by atoms with Crippen molar-refractivity contribution in [2.45, 2.75) is 13.3 Å². The topological polar surface area (TPSA) is 24.1 Å². The molecule has 2 N–H and O–H groups in total. The minimum absolute atomic E-state index is 0. The molecule has 0 aromatic heterocycles. The summed E-state index contributed by atoms with van der Waals surface area (Å²) in [6.07, 6.45) is 1.11. The summed E-state index contributed by atoms with van der Waals surface area (Å²) in [7, 11) is 1.81. The molecule has 0 aromatic rings. The van der Waals surface area contributed by atoms with Crippen LogP contribution in [0.15, 0.2) is 0 Å². The molecule has 0 saturated heterocycles. The molecule has 0 aliphatic carbocycles. The van der Waals surface area contributed by atoms with Gasteiger partial charge < -0.3 is 10.6 Å². The van der Waals surface area contributed by atoms with E-state index in [0.717, 1.165) is 18.1 Å². The Hall–Kier alpha value is -0.310. The maximum atomic E-state index is 4.80. The molecule has 0 aromatic carbocycles. The van der Waals surface area contributed by atoms with Crippen LogP contribution in [-0.4, -0.2) is 18.7 Å². The number of nitrogens with one attached hydrogen (secondary N) is 2. The lowest BCUT2D eigenvalue weighted by Gasteiger charge is -2.02. The van der Waals surface area contributed by atoms with Gasteiger partial charge in [-0.05, 0) is 18.6 Å². The summed E-state index contributed by atoms with van der Waals surface area (Å²) >= 11 is 4.80. The maximum Gasteiger partial charge on any atom is 0.166 e. The van der Waals surface area contributed by atoms with E-state index in [2.05, 4.69) is 17.6 Å². The summed E-state index contributed by atoms with van der Waals surface area (Å²) in [6, 6.07) is 0. The van der Waals surface area contributed by atoms with Crippen LogP contribution in [0.25, 0.3) is 0 Å². The molecule has 0 unspecified atom stereocenters. The van der Waals surface area contributed by atoms with Crippen LogP contribution in [-0.2, 0) is 0 Å². The highest BCUT2D eigenvalue weighted by Gasteiger charge is 1.84. The zero-order valence-electron chi connectivity index (χ0n) is 5.32. The summed E-state index contributed by atoms with van der Waals surface area (Å²) < 4.78 is 0. The van der Waals surface area contributed by atoms with E-state index in [4.69, 9.17) is 12.2 Å². The average molecular weight is 134 g/mol. The summed E-state index contributed by atoms with van der Waals surface area (Å²) in [5.74, 6) is 0. The van der Waals surface area contributed by atoms with Gasteiger partial charge in [-0.2, -0.15) is 0 Å². The van der Waals surface area contributed by atoms with E-state index < -0.39 is 0 Å². The van der Waals surface area contributed by atoms with Gasteiger partial charge in [0.2, 0.25) is 0 Å². The van der Waals surface area contributed by atoms with Gasteiger partial charge in [-0.25, -0.2) is 0 Å². The lowest BCUT2D eigenvalue weighted by Crippen LogP contribution is -2.32. The molecule has 8 heavy (non-hydrogen) atoms. The molecule has 0 heterocycles. The Labute approximate surface area is 57.1 Å². The van der Waals surface area contributed by atoms with Crippen molar-refractivity contribution in [2.24, 2.45) is 0 Å². The minimum Gasteiger partial charge on any atom is -0.366 e. The van der Waals surface area contributed by atoms with Gasteiger partial charge in [-0.15, -0.1) is 0 Å². The molecule has 0 bridgehead atoms. The van der Waals surface area contributed by atoms with Gasteiger partial charge in [0.15, 0.2) is 5.11 Å². The zero-order chi connectivity index (χ0) is 6.41. The van der Waals surface area contributed by atoms with Crippen molar-refractivity contribution >= 4 is 17.3 Å². The van der Waals surface area contributed by atoms with Gasteiger partial charge in [-0.1, -0.05) is 6.92 Å². The Balaban J connectivity index is 0. The number of hydrogen-bond acceptors (Lipinski definition) is 1. The van der Waals surface area contributed by atoms with Gasteiger partial charge in [0.05, 0.1) is 0 Å². The molecule has 0 atom stereocenters. The van der Waals surface area contributed by atoms with Gasteiger partial charge in [0.25, 0.3) is 0 Å². The number of hydrogen-bond donors (Lipinski definition) is 2. The lowest BCUT2D eigenvalue weighted by molar-refractivity contribution is 0.828. The molecule has 0 rings (SSSR count). The Kier molecular flexibility index (Phi) is 4.65. The molecule has 2 nitrogen and oxygen atoms in total. The predicted molar refractivity (Wildman–Crippen MR) is 42.1 cm³/mol. The van der Waals surface area contributed by atoms with Crippen LogP contribution in [0.4, 0.5) is 0 Å². The second-order valence-corrected chi connectivity index (χ2v) is 1.91. The van der Waals surface area contributed by atoms with E-state index in [1.165, 1.54) is 0 Å². The van der Waals surface area contributed by atoms with Crippen molar-refractivity contribution in [1.82, 2.24) is 10.6 Å². The van der Waals surface area contributed by atoms with E-state index in [9.17, 15) is 0 Å². The van der Waals surface area contributed by atoms with Crippen molar-refractivity contribution in [3.63, 3.8) is 0 Å². The highest BCUT2D eigenvalue weighted by Crippen LogP contribution is 1.68. The van der Waals surface area contributed by atoms with Crippen molar-refractivity contribution in [3.05, 3.63) is 0 Å². The van der Waals surface area contributed by atoms with Crippen LogP contribution in [0, 0.1) is 0 Å². The Bertz CT molecular complexity index is 77.4. The first-order valence-electron chi connectivity index (χ1n) is 2.76. The average Bonchev–Trinajstić information content (AvgIpc) is 1.83. The van der Waals surface area contributed by atoms with Crippen LogP contribution < -0.4 is 10.6 Å². The van der Waals surface area contributed by atoms with E-state index in [0.29, 0.717) is 0 Å². The molecule has 0 fully saturated rings. The molecule has 0 amide bonds. The van der Waals surface area contributed by atoms with Crippen molar-refractivity contribution in [2.75, 3.05) is 13.6 Å². The van der Waals surface area contributed by atoms with Crippen molar-refractivity contribution in [3.8, 4) is 0 Å². The Morgan fingerprint density at radius 3 is 2.75 bits per heavy atom. The SMILES string of the molecule is CCCNC(=S)NC.[HH]. The monoisotopic (exact) mass is 134 g/mol.